The smallest absolute Gasteiger partial charge is 0.00699 e. The van der Waals surface area contributed by atoms with Crippen LogP contribution in [0.2, 0.25) is 0 Å². The maximum absolute atomic E-state index is 3.92. The summed E-state index contributed by atoms with van der Waals surface area (Å²) in [6.45, 7) is 3.92. The summed E-state index contributed by atoms with van der Waals surface area (Å²) in [6.07, 6.45) is 2.86. The van der Waals surface area contributed by atoms with Gasteiger partial charge in [-0.1, -0.05) is 84.9 Å². The van der Waals surface area contributed by atoms with Gasteiger partial charge in [-0.3, -0.25) is 0 Å². The minimum Gasteiger partial charge on any atom is -0.103 e. The van der Waals surface area contributed by atoms with Crippen LogP contribution in [0.25, 0.3) is 32.7 Å². The molecule has 0 aliphatic heterocycles. The summed E-state index contributed by atoms with van der Waals surface area (Å²) < 4.78 is 0. The lowest BCUT2D eigenvalue weighted by Gasteiger charge is -2.14. The van der Waals surface area contributed by atoms with Crippen molar-refractivity contribution in [2.45, 2.75) is 6.42 Å². The van der Waals surface area contributed by atoms with E-state index in [1.165, 1.54) is 38.2 Å². The van der Waals surface area contributed by atoms with Crippen molar-refractivity contribution in [2.75, 3.05) is 0 Å². The predicted octanol–water partition coefficient (Wildman–Crippen LogP) is 6.39. The molecule has 0 radical (unpaired) electrons. The molecule has 0 nitrogen and oxygen atoms in total. The van der Waals surface area contributed by atoms with Gasteiger partial charge < -0.3 is 0 Å². The first-order valence-corrected chi connectivity index (χ1v) is 7.98. The maximum atomic E-state index is 3.92. The first kappa shape index (κ1) is 13.8. The van der Waals surface area contributed by atoms with E-state index in [0.29, 0.717) is 0 Å². The number of hydrogen-bond donors (Lipinski definition) is 0. The lowest BCUT2D eigenvalue weighted by Crippen LogP contribution is -1.91. The van der Waals surface area contributed by atoms with E-state index in [1.54, 1.807) is 0 Å². The molecule has 0 aliphatic carbocycles. The Labute approximate surface area is 136 Å². The zero-order valence-corrected chi connectivity index (χ0v) is 13.0. The van der Waals surface area contributed by atoms with E-state index in [4.69, 9.17) is 0 Å². The van der Waals surface area contributed by atoms with E-state index in [2.05, 4.69) is 85.4 Å². The standard InChI is InChI=1S/C23H18/c1-2-8-18-14-15-21-20-12-7-6-9-17(20)13-16-22(21)23(18)19-10-4-3-5-11-19/h2-7,9-16H,1,8H2. The summed E-state index contributed by atoms with van der Waals surface area (Å²) in [5, 5.41) is 5.23. The summed E-state index contributed by atoms with van der Waals surface area (Å²) in [6, 6.07) is 28.2. The fourth-order valence-electron chi connectivity index (χ4n) is 3.40. The van der Waals surface area contributed by atoms with E-state index in [9.17, 15) is 0 Å². The summed E-state index contributed by atoms with van der Waals surface area (Å²) in [5.74, 6) is 0. The summed E-state index contributed by atoms with van der Waals surface area (Å²) >= 11 is 0. The summed E-state index contributed by atoms with van der Waals surface area (Å²) in [5.41, 5.74) is 3.92. The highest BCUT2D eigenvalue weighted by Gasteiger charge is 2.10. The van der Waals surface area contributed by atoms with Crippen LogP contribution < -0.4 is 0 Å². The highest BCUT2D eigenvalue weighted by molar-refractivity contribution is 6.12. The van der Waals surface area contributed by atoms with Gasteiger partial charge in [0.15, 0.2) is 0 Å². The molecule has 23 heavy (non-hydrogen) atoms. The third kappa shape index (κ3) is 2.33. The van der Waals surface area contributed by atoms with E-state index >= 15 is 0 Å². The van der Waals surface area contributed by atoms with Gasteiger partial charge in [0.25, 0.3) is 0 Å². The van der Waals surface area contributed by atoms with Crippen LogP contribution in [0.1, 0.15) is 5.56 Å². The molecular weight excluding hydrogens is 276 g/mol. The Morgan fingerprint density at radius 3 is 2.22 bits per heavy atom. The summed E-state index contributed by atoms with van der Waals surface area (Å²) in [7, 11) is 0. The van der Waals surface area contributed by atoms with Crippen molar-refractivity contribution in [1.82, 2.24) is 0 Å². The van der Waals surface area contributed by atoms with Crippen LogP contribution in [0, 0.1) is 0 Å². The Bertz CT molecular complexity index is 994. The maximum Gasteiger partial charge on any atom is -0.00699 e. The highest BCUT2D eigenvalue weighted by Crippen LogP contribution is 2.36. The normalized spacial score (nSPS) is 11.0. The van der Waals surface area contributed by atoms with Gasteiger partial charge in [0.1, 0.15) is 0 Å². The SMILES string of the molecule is C=CCc1ccc2c(ccc3ccccc32)c1-c1ccccc1. The number of fused-ring (bicyclic) bond motifs is 3. The van der Waals surface area contributed by atoms with E-state index in [0.717, 1.165) is 6.42 Å². The number of allylic oxidation sites excluding steroid dienone is 1. The van der Waals surface area contributed by atoms with Crippen molar-refractivity contribution in [2.24, 2.45) is 0 Å². The Hall–Kier alpha value is -2.86. The topological polar surface area (TPSA) is 0 Å². The average molecular weight is 294 g/mol. The second-order valence-electron chi connectivity index (χ2n) is 5.84. The predicted molar refractivity (Wildman–Crippen MR) is 101 cm³/mol. The lowest BCUT2D eigenvalue weighted by molar-refractivity contribution is 1.29. The molecule has 4 aromatic carbocycles. The molecule has 0 N–H and O–H groups in total. The van der Waals surface area contributed by atoms with Crippen LogP contribution in [0.5, 0.6) is 0 Å². The third-order valence-corrected chi connectivity index (χ3v) is 4.44. The quantitative estimate of drug-likeness (QED) is 0.303. The molecule has 0 spiro atoms. The molecule has 110 valence electrons. The molecule has 0 bridgehead atoms. The zero-order chi connectivity index (χ0) is 15.6. The molecule has 4 aromatic rings. The average Bonchev–Trinajstić information content (AvgIpc) is 2.62. The Kier molecular flexibility index (Phi) is 3.44. The van der Waals surface area contributed by atoms with Crippen molar-refractivity contribution in [3.05, 3.63) is 97.1 Å². The summed E-state index contributed by atoms with van der Waals surface area (Å²) in [4.78, 5) is 0. The highest BCUT2D eigenvalue weighted by atomic mass is 14.1. The van der Waals surface area contributed by atoms with Gasteiger partial charge in [-0.15, -0.1) is 6.58 Å². The second kappa shape index (κ2) is 5.73. The van der Waals surface area contributed by atoms with Crippen LogP contribution in [0.4, 0.5) is 0 Å². The zero-order valence-electron chi connectivity index (χ0n) is 13.0. The molecule has 0 heteroatoms. The Balaban J connectivity index is 2.13. The van der Waals surface area contributed by atoms with Crippen LogP contribution in [0.3, 0.4) is 0 Å². The minimum atomic E-state index is 0.882. The Morgan fingerprint density at radius 1 is 0.652 bits per heavy atom. The molecule has 0 saturated carbocycles. The van der Waals surface area contributed by atoms with Gasteiger partial charge in [-0.2, -0.15) is 0 Å². The third-order valence-electron chi connectivity index (χ3n) is 4.44. The van der Waals surface area contributed by atoms with E-state index in [-0.39, 0.29) is 0 Å². The van der Waals surface area contributed by atoms with E-state index < -0.39 is 0 Å². The molecule has 0 unspecified atom stereocenters. The van der Waals surface area contributed by atoms with Crippen molar-refractivity contribution in [1.29, 1.82) is 0 Å². The molecule has 4 rings (SSSR count). The lowest BCUT2D eigenvalue weighted by atomic mass is 9.90. The number of rotatable bonds is 3. The van der Waals surface area contributed by atoms with Crippen molar-refractivity contribution in [3.8, 4) is 11.1 Å². The van der Waals surface area contributed by atoms with Gasteiger partial charge in [-0.25, -0.2) is 0 Å². The van der Waals surface area contributed by atoms with Crippen molar-refractivity contribution in [3.63, 3.8) is 0 Å². The fraction of sp³-hybridized carbons (Fsp3) is 0.0435. The molecule has 0 amide bonds. The van der Waals surface area contributed by atoms with E-state index in [1.807, 2.05) is 6.08 Å². The largest absolute Gasteiger partial charge is 0.103 e. The molecule has 0 fully saturated rings. The van der Waals surface area contributed by atoms with Gasteiger partial charge >= 0.3 is 0 Å². The molecule has 0 heterocycles. The molecule has 0 atom stereocenters. The van der Waals surface area contributed by atoms with Crippen LogP contribution in [-0.4, -0.2) is 0 Å². The second-order valence-corrected chi connectivity index (χ2v) is 5.84. The van der Waals surface area contributed by atoms with Crippen LogP contribution >= 0.6 is 0 Å². The Morgan fingerprint density at radius 2 is 1.39 bits per heavy atom. The van der Waals surface area contributed by atoms with Crippen molar-refractivity contribution >= 4 is 21.5 Å². The number of benzene rings is 4. The van der Waals surface area contributed by atoms with Crippen LogP contribution in [0.15, 0.2) is 91.5 Å². The van der Waals surface area contributed by atoms with Crippen molar-refractivity contribution < 1.29 is 0 Å². The first-order valence-electron chi connectivity index (χ1n) is 7.98. The molecule has 0 saturated heterocycles. The molecule has 0 aromatic heterocycles. The monoisotopic (exact) mass is 294 g/mol. The number of hydrogen-bond acceptors (Lipinski definition) is 0. The fourth-order valence-corrected chi connectivity index (χ4v) is 3.40. The van der Waals surface area contributed by atoms with Crippen LogP contribution in [-0.2, 0) is 6.42 Å². The van der Waals surface area contributed by atoms with Gasteiger partial charge in [0.05, 0.1) is 0 Å². The molecule has 0 aliphatic rings. The van der Waals surface area contributed by atoms with Gasteiger partial charge in [0.2, 0.25) is 0 Å². The van der Waals surface area contributed by atoms with Gasteiger partial charge in [0, 0.05) is 0 Å². The minimum absolute atomic E-state index is 0.882. The van der Waals surface area contributed by atoms with Gasteiger partial charge in [-0.05, 0) is 44.7 Å². The molecular formula is C23H18. The first-order chi connectivity index (χ1) is 11.4.